The number of rotatable bonds is 5. The summed E-state index contributed by atoms with van der Waals surface area (Å²) in [7, 11) is 0. The van der Waals surface area contributed by atoms with Crippen LogP contribution in [0.25, 0.3) is 0 Å². The lowest BCUT2D eigenvalue weighted by Crippen LogP contribution is -2.12. The van der Waals surface area contributed by atoms with Crippen LogP contribution in [0.3, 0.4) is 0 Å². The summed E-state index contributed by atoms with van der Waals surface area (Å²) in [6.45, 7) is 7.15. The van der Waals surface area contributed by atoms with Crippen molar-refractivity contribution >= 4 is 0 Å². The highest BCUT2D eigenvalue weighted by molar-refractivity contribution is 5.24. The fourth-order valence-electron chi connectivity index (χ4n) is 2.08. The molecule has 0 fully saturated rings. The highest BCUT2D eigenvalue weighted by atomic mass is 16.3. The Morgan fingerprint density at radius 3 is 2.32 bits per heavy atom. The van der Waals surface area contributed by atoms with Gasteiger partial charge >= 0.3 is 0 Å². The molecule has 0 aliphatic rings. The van der Waals surface area contributed by atoms with Crippen LogP contribution in [0, 0.1) is 12.8 Å². The highest BCUT2D eigenvalue weighted by Gasteiger charge is 2.12. The van der Waals surface area contributed by atoms with Crippen molar-refractivity contribution in [1.29, 1.82) is 0 Å². The summed E-state index contributed by atoms with van der Waals surface area (Å²) in [4.78, 5) is 0. The maximum absolute atomic E-state index is 9.32. The Morgan fingerprint density at radius 1 is 1.11 bits per heavy atom. The van der Waals surface area contributed by atoms with Gasteiger partial charge in [0.2, 0.25) is 0 Å². The lowest BCUT2D eigenvalue weighted by Gasteiger charge is -2.11. The molecule has 19 heavy (non-hydrogen) atoms. The van der Waals surface area contributed by atoms with Gasteiger partial charge in [0.25, 0.3) is 0 Å². The maximum Gasteiger partial charge on any atom is 0.158 e. The molecule has 0 bridgehead atoms. The SMILES string of the molecule is Cc1ccc(Cc2nnc(CO)n2CC(C)C)cc1. The Morgan fingerprint density at radius 2 is 1.74 bits per heavy atom. The summed E-state index contributed by atoms with van der Waals surface area (Å²) in [6, 6.07) is 8.43. The first-order valence-electron chi connectivity index (χ1n) is 6.67. The van der Waals surface area contributed by atoms with Crippen molar-refractivity contribution in [3.05, 3.63) is 47.0 Å². The first kappa shape index (κ1) is 13.7. The smallest absolute Gasteiger partial charge is 0.158 e. The van der Waals surface area contributed by atoms with Crippen LogP contribution >= 0.6 is 0 Å². The highest BCUT2D eigenvalue weighted by Crippen LogP contribution is 2.13. The summed E-state index contributed by atoms with van der Waals surface area (Å²) >= 11 is 0. The van der Waals surface area contributed by atoms with Gasteiger partial charge in [0, 0.05) is 13.0 Å². The number of hydrogen-bond donors (Lipinski definition) is 1. The molecule has 0 unspecified atom stereocenters. The standard InChI is InChI=1S/C15H21N3O/c1-11(2)9-18-14(16-17-15(18)10-19)8-13-6-4-12(3)5-7-13/h4-7,11,19H,8-10H2,1-3H3. The molecule has 4 nitrogen and oxygen atoms in total. The molecule has 0 radical (unpaired) electrons. The van der Waals surface area contributed by atoms with Gasteiger partial charge in [-0.2, -0.15) is 0 Å². The van der Waals surface area contributed by atoms with E-state index >= 15 is 0 Å². The fourth-order valence-corrected chi connectivity index (χ4v) is 2.08. The molecular weight excluding hydrogens is 238 g/mol. The summed E-state index contributed by atoms with van der Waals surface area (Å²) in [5, 5.41) is 17.6. The molecule has 0 spiro atoms. The molecule has 0 amide bonds. The van der Waals surface area contributed by atoms with Crippen LogP contribution in [-0.4, -0.2) is 19.9 Å². The van der Waals surface area contributed by atoms with E-state index in [0.29, 0.717) is 11.7 Å². The Labute approximate surface area is 114 Å². The van der Waals surface area contributed by atoms with Gasteiger partial charge in [-0.05, 0) is 18.4 Å². The normalized spacial score (nSPS) is 11.2. The number of hydrogen-bond acceptors (Lipinski definition) is 3. The van der Waals surface area contributed by atoms with E-state index in [1.54, 1.807) is 0 Å². The Balaban J connectivity index is 2.24. The zero-order chi connectivity index (χ0) is 13.8. The second kappa shape index (κ2) is 5.97. The maximum atomic E-state index is 9.32. The lowest BCUT2D eigenvalue weighted by molar-refractivity contribution is 0.261. The average Bonchev–Trinajstić information content (AvgIpc) is 2.74. The van der Waals surface area contributed by atoms with Crippen LogP contribution in [0.5, 0.6) is 0 Å². The van der Waals surface area contributed by atoms with Gasteiger partial charge < -0.3 is 9.67 Å². The molecule has 0 saturated heterocycles. The zero-order valence-corrected chi connectivity index (χ0v) is 11.8. The number of aliphatic hydroxyl groups excluding tert-OH is 1. The number of aromatic nitrogens is 3. The van der Waals surface area contributed by atoms with E-state index in [2.05, 4.69) is 55.2 Å². The molecule has 0 aliphatic heterocycles. The van der Waals surface area contributed by atoms with Crippen LogP contribution in [0.2, 0.25) is 0 Å². The third kappa shape index (κ3) is 3.41. The van der Waals surface area contributed by atoms with Gasteiger partial charge in [0.15, 0.2) is 5.82 Å². The molecule has 1 aromatic carbocycles. The summed E-state index contributed by atoms with van der Waals surface area (Å²) in [5.74, 6) is 2.07. The predicted octanol–water partition coefficient (Wildman–Crippen LogP) is 2.33. The number of benzene rings is 1. The van der Waals surface area contributed by atoms with Crippen LogP contribution in [0.1, 0.15) is 36.6 Å². The van der Waals surface area contributed by atoms with Crippen molar-refractivity contribution < 1.29 is 5.11 Å². The molecule has 4 heteroatoms. The monoisotopic (exact) mass is 259 g/mol. The molecule has 0 saturated carbocycles. The topological polar surface area (TPSA) is 50.9 Å². The van der Waals surface area contributed by atoms with Gasteiger partial charge in [0.1, 0.15) is 12.4 Å². The number of aryl methyl sites for hydroxylation is 1. The van der Waals surface area contributed by atoms with Crippen LogP contribution < -0.4 is 0 Å². The van der Waals surface area contributed by atoms with Gasteiger partial charge in [0.05, 0.1) is 0 Å². The quantitative estimate of drug-likeness (QED) is 0.896. The molecule has 2 rings (SSSR count). The Hall–Kier alpha value is -1.68. The minimum atomic E-state index is -0.0619. The van der Waals surface area contributed by atoms with Crippen molar-refractivity contribution in [2.75, 3.05) is 0 Å². The second-order valence-corrected chi connectivity index (χ2v) is 5.36. The second-order valence-electron chi connectivity index (χ2n) is 5.36. The van der Waals surface area contributed by atoms with Gasteiger partial charge in [-0.25, -0.2) is 0 Å². The molecule has 0 aliphatic carbocycles. The fraction of sp³-hybridized carbons (Fsp3) is 0.467. The summed E-state index contributed by atoms with van der Waals surface area (Å²) < 4.78 is 2.03. The molecule has 1 heterocycles. The van der Waals surface area contributed by atoms with E-state index in [4.69, 9.17) is 0 Å². The third-order valence-electron chi connectivity index (χ3n) is 3.08. The first-order chi connectivity index (χ1) is 9.10. The van der Waals surface area contributed by atoms with E-state index in [-0.39, 0.29) is 6.61 Å². The van der Waals surface area contributed by atoms with Crippen molar-refractivity contribution in [3.8, 4) is 0 Å². The zero-order valence-electron chi connectivity index (χ0n) is 11.8. The van der Waals surface area contributed by atoms with E-state index in [9.17, 15) is 5.11 Å². The van der Waals surface area contributed by atoms with Gasteiger partial charge in [-0.3, -0.25) is 0 Å². The predicted molar refractivity (Wildman–Crippen MR) is 74.8 cm³/mol. The van der Waals surface area contributed by atoms with Crippen molar-refractivity contribution in [3.63, 3.8) is 0 Å². The molecule has 1 aromatic heterocycles. The molecule has 2 aromatic rings. The van der Waals surface area contributed by atoms with Crippen molar-refractivity contribution in [2.24, 2.45) is 5.92 Å². The van der Waals surface area contributed by atoms with Gasteiger partial charge in [-0.1, -0.05) is 43.7 Å². The molecule has 0 atom stereocenters. The third-order valence-corrected chi connectivity index (χ3v) is 3.08. The van der Waals surface area contributed by atoms with E-state index in [0.717, 1.165) is 18.8 Å². The minimum absolute atomic E-state index is 0.0619. The largest absolute Gasteiger partial charge is 0.388 e. The van der Waals surface area contributed by atoms with Gasteiger partial charge in [-0.15, -0.1) is 10.2 Å². The van der Waals surface area contributed by atoms with Crippen molar-refractivity contribution in [1.82, 2.24) is 14.8 Å². The number of aliphatic hydroxyl groups is 1. The summed E-state index contributed by atoms with van der Waals surface area (Å²) in [5.41, 5.74) is 2.47. The van der Waals surface area contributed by atoms with E-state index in [1.165, 1.54) is 11.1 Å². The van der Waals surface area contributed by atoms with Crippen LogP contribution in [0.15, 0.2) is 24.3 Å². The van der Waals surface area contributed by atoms with Crippen molar-refractivity contribution in [2.45, 2.75) is 40.3 Å². The van der Waals surface area contributed by atoms with E-state index in [1.807, 2.05) is 4.57 Å². The molecule has 1 N–H and O–H groups in total. The van der Waals surface area contributed by atoms with Crippen LogP contribution in [0.4, 0.5) is 0 Å². The minimum Gasteiger partial charge on any atom is -0.388 e. The first-order valence-corrected chi connectivity index (χ1v) is 6.67. The number of nitrogens with zero attached hydrogens (tertiary/aromatic N) is 3. The average molecular weight is 259 g/mol. The summed E-state index contributed by atoms with van der Waals surface area (Å²) in [6.07, 6.45) is 0.750. The Kier molecular flexibility index (Phi) is 4.32. The molecule has 102 valence electrons. The molecular formula is C15H21N3O. The van der Waals surface area contributed by atoms with Crippen LogP contribution in [-0.2, 0) is 19.6 Å². The lowest BCUT2D eigenvalue weighted by atomic mass is 10.1. The van der Waals surface area contributed by atoms with E-state index < -0.39 is 0 Å². The Bertz CT molecular complexity index is 529.